The summed E-state index contributed by atoms with van der Waals surface area (Å²) in [5.41, 5.74) is 0.411. The Morgan fingerprint density at radius 2 is 2.20 bits per heavy atom. The number of nitrogens with zero attached hydrogens (tertiary/aromatic N) is 2. The van der Waals surface area contributed by atoms with E-state index in [4.69, 9.17) is 4.74 Å². The van der Waals surface area contributed by atoms with Crippen LogP contribution in [0, 0.1) is 6.92 Å². The predicted octanol–water partition coefficient (Wildman–Crippen LogP) is 3.16. The minimum Gasteiger partial charge on any atom is -0.465 e. The fourth-order valence-electron chi connectivity index (χ4n) is 2.66. The number of thiophene rings is 2. The van der Waals surface area contributed by atoms with Crippen LogP contribution in [0.15, 0.2) is 22.3 Å². The van der Waals surface area contributed by atoms with E-state index in [-0.39, 0.29) is 5.56 Å². The van der Waals surface area contributed by atoms with Crippen LogP contribution in [0.5, 0.6) is 0 Å². The van der Waals surface area contributed by atoms with Crippen molar-refractivity contribution in [1.82, 2.24) is 14.9 Å². The molecule has 0 amide bonds. The number of carbonyl (C=O) groups excluding carboxylic acids is 1. The van der Waals surface area contributed by atoms with Crippen molar-refractivity contribution in [2.24, 2.45) is 0 Å². The van der Waals surface area contributed by atoms with Crippen LogP contribution in [0.2, 0.25) is 0 Å². The first-order valence-electron chi connectivity index (χ1n) is 7.88. The number of hydrogen-bond acceptors (Lipinski definition) is 7. The molecule has 3 aromatic rings. The molecule has 0 saturated heterocycles. The van der Waals surface area contributed by atoms with E-state index in [1.54, 1.807) is 18.3 Å². The number of rotatable bonds is 6. The number of fused-ring (bicyclic) bond motifs is 1. The van der Waals surface area contributed by atoms with Gasteiger partial charge in [0.2, 0.25) is 0 Å². The molecule has 3 aromatic heterocycles. The van der Waals surface area contributed by atoms with Gasteiger partial charge in [-0.05, 0) is 30.5 Å². The van der Waals surface area contributed by atoms with Gasteiger partial charge < -0.3 is 9.72 Å². The lowest BCUT2D eigenvalue weighted by Gasteiger charge is -2.18. The molecule has 0 spiro atoms. The molecule has 3 heterocycles. The summed E-state index contributed by atoms with van der Waals surface area (Å²) in [6.07, 6.45) is 0. The van der Waals surface area contributed by atoms with Gasteiger partial charge in [0.25, 0.3) is 5.56 Å². The number of H-pyrrole nitrogens is 1. The summed E-state index contributed by atoms with van der Waals surface area (Å²) in [4.78, 5) is 36.2. The molecule has 8 heteroatoms. The number of ether oxygens (including phenoxy) is 1. The maximum absolute atomic E-state index is 12.5. The molecule has 0 aliphatic rings. The number of esters is 1. The van der Waals surface area contributed by atoms with Gasteiger partial charge in [-0.25, -0.2) is 9.78 Å². The topological polar surface area (TPSA) is 75.3 Å². The van der Waals surface area contributed by atoms with Crippen molar-refractivity contribution in [3.8, 4) is 0 Å². The smallest absolute Gasteiger partial charge is 0.348 e. The fourth-order valence-corrected chi connectivity index (χ4v) is 4.53. The highest BCUT2D eigenvalue weighted by Crippen LogP contribution is 2.27. The quantitative estimate of drug-likeness (QED) is 0.668. The van der Waals surface area contributed by atoms with Gasteiger partial charge in [-0.3, -0.25) is 9.69 Å². The Bertz CT molecular complexity index is 944. The van der Waals surface area contributed by atoms with Crippen molar-refractivity contribution < 1.29 is 9.53 Å². The number of aromatic amines is 1. The fraction of sp³-hybridized carbons (Fsp3) is 0.353. The number of carbonyl (C=O) groups is 1. The molecule has 0 atom stereocenters. The average molecular weight is 377 g/mol. The summed E-state index contributed by atoms with van der Waals surface area (Å²) in [6.45, 7) is 6.03. The molecule has 0 aliphatic carbocycles. The molecule has 0 radical (unpaired) electrons. The van der Waals surface area contributed by atoms with E-state index in [0.717, 1.165) is 13.1 Å². The van der Waals surface area contributed by atoms with Crippen LogP contribution in [0.4, 0.5) is 0 Å². The summed E-state index contributed by atoms with van der Waals surface area (Å²) in [5.74, 6) is 0.169. The van der Waals surface area contributed by atoms with Gasteiger partial charge in [-0.1, -0.05) is 13.0 Å². The molecular formula is C17H19N3O3S2. The summed E-state index contributed by atoms with van der Waals surface area (Å²) >= 11 is 2.91. The molecule has 0 fully saturated rings. The Morgan fingerprint density at radius 3 is 2.84 bits per heavy atom. The van der Waals surface area contributed by atoms with Gasteiger partial charge in [-0.2, -0.15) is 0 Å². The second kappa shape index (κ2) is 7.47. The number of hydrogen-bond donors (Lipinski definition) is 1. The lowest BCUT2D eigenvalue weighted by molar-refractivity contribution is 0.0605. The Hall–Kier alpha value is -2.03. The van der Waals surface area contributed by atoms with Crippen LogP contribution in [0.25, 0.3) is 10.2 Å². The highest BCUT2D eigenvalue weighted by atomic mass is 32.1. The van der Waals surface area contributed by atoms with E-state index in [0.29, 0.717) is 33.0 Å². The van der Waals surface area contributed by atoms with Crippen molar-refractivity contribution in [3.05, 3.63) is 49.0 Å². The van der Waals surface area contributed by atoms with Crippen molar-refractivity contribution in [2.45, 2.75) is 26.9 Å². The average Bonchev–Trinajstić information content (AvgIpc) is 3.21. The Balaban J connectivity index is 1.92. The third kappa shape index (κ3) is 3.65. The van der Waals surface area contributed by atoms with E-state index in [1.807, 2.05) is 6.07 Å². The Morgan fingerprint density at radius 1 is 1.40 bits per heavy atom. The molecule has 0 saturated carbocycles. The normalized spacial score (nSPS) is 11.4. The van der Waals surface area contributed by atoms with Gasteiger partial charge in [0.05, 0.1) is 19.0 Å². The number of aromatic nitrogens is 2. The van der Waals surface area contributed by atoms with E-state index in [1.165, 1.54) is 23.3 Å². The first kappa shape index (κ1) is 17.8. The van der Waals surface area contributed by atoms with E-state index >= 15 is 0 Å². The molecule has 0 aromatic carbocycles. The van der Waals surface area contributed by atoms with Gasteiger partial charge >= 0.3 is 5.97 Å². The van der Waals surface area contributed by atoms with E-state index < -0.39 is 5.97 Å². The van der Waals surface area contributed by atoms with Crippen molar-refractivity contribution in [2.75, 3.05) is 13.7 Å². The zero-order valence-electron chi connectivity index (χ0n) is 14.3. The lowest BCUT2D eigenvalue weighted by atomic mass is 10.2. The second-order valence-electron chi connectivity index (χ2n) is 5.62. The van der Waals surface area contributed by atoms with Crippen LogP contribution in [-0.4, -0.2) is 34.5 Å². The van der Waals surface area contributed by atoms with Crippen molar-refractivity contribution in [1.29, 1.82) is 0 Å². The third-order valence-electron chi connectivity index (χ3n) is 4.00. The van der Waals surface area contributed by atoms with Gasteiger partial charge in [0.1, 0.15) is 15.5 Å². The minimum absolute atomic E-state index is 0.212. The maximum atomic E-state index is 12.5. The zero-order chi connectivity index (χ0) is 18.0. The summed E-state index contributed by atoms with van der Waals surface area (Å²) in [7, 11) is 1.33. The van der Waals surface area contributed by atoms with E-state index in [9.17, 15) is 9.59 Å². The van der Waals surface area contributed by atoms with Crippen molar-refractivity contribution in [3.63, 3.8) is 0 Å². The van der Waals surface area contributed by atoms with E-state index in [2.05, 4.69) is 33.2 Å². The monoisotopic (exact) mass is 377 g/mol. The van der Waals surface area contributed by atoms with Crippen LogP contribution in [0.1, 0.15) is 32.9 Å². The number of nitrogens with one attached hydrogen (secondary N) is 1. The van der Waals surface area contributed by atoms with Crippen molar-refractivity contribution >= 4 is 38.9 Å². The third-order valence-corrected chi connectivity index (χ3v) is 6.03. The standard InChI is InChI=1S/C17H19N3O3S2/c1-4-20(8-11-6-5-7-24-11)9-12-18-15(21)13-10(2)14(17(22)23-3)25-16(13)19-12/h5-7H,4,8-9H2,1-3H3,(H,18,19,21). The molecule has 6 nitrogen and oxygen atoms in total. The molecule has 1 N–H and O–H groups in total. The minimum atomic E-state index is -0.436. The first-order chi connectivity index (χ1) is 12.0. The maximum Gasteiger partial charge on any atom is 0.348 e. The van der Waals surface area contributed by atoms with Crippen LogP contribution in [0.3, 0.4) is 0 Å². The summed E-state index contributed by atoms with van der Waals surface area (Å²) < 4.78 is 4.78. The summed E-state index contributed by atoms with van der Waals surface area (Å²) in [5, 5.41) is 2.52. The number of aryl methyl sites for hydroxylation is 1. The van der Waals surface area contributed by atoms with Crippen LogP contribution >= 0.6 is 22.7 Å². The molecule has 0 unspecified atom stereocenters. The molecule has 3 rings (SSSR count). The van der Waals surface area contributed by atoms with Gasteiger partial charge in [0.15, 0.2) is 0 Å². The van der Waals surface area contributed by atoms with Crippen LogP contribution in [-0.2, 0) is 17.8 Å². The van der Waals surface area contributed by atoms with Crippen LogP contribution < -0.4 is 5.56 Å². The largest absolute Gasteiger partial charge is 0.465 e. The Labute approximate surface area is 153 Å². The molecule has 0 bridgehead atoms. The molecule has 0 aliphatic heterocycles. The highest BCUT2D eigenvalue weighted by molar-refractivity contribution is 7.20. The predicted molar refractivity (Wildman–Crippen MR) is 100 cm³/mol. The molecule has 25 heavy (non-hydrogen) atoms. The summed E-state index contributed by atoms with van der Waals surface area (Å²) in [6, 6.07) is 4.13. The SMILES string of the molecule is CCN(Cc1nc2sc(C(=O)OC)c(C)c2c(=O)[nH]1)Cc1cccs1. The first-order valence-corrected chi connectivity index (χ1v) is 9.58. The molecule has 132 valence electrons. The number of methoxy groups -OCH3 is 1. The second-order valence-corrected chi connectivity index (χ2v) is 7.65. The van der Waals surface area contributed by atoms with Gasteiger partial charge in [0, 0.05) is 11.4 Å². The zero-order valence-corrected chi connectivity index (χ0v) is 15.9. The van der Waals surface area contributed by atoms with Gasteiger partial charge in [-0.15, -0.1) is 22.7 Å². The Kier molecular flexibility index (Phi) is 5.31. The molecular weight excluding hydrogens is 358 g/mol. The highest BCUT2D eigenvalue weighted by Gasteiger charge is 2.20. The lowest BCUT2D eigenvalue weighted by Crippen LogP contribution is -2.25.